The van der Waals surface area contributed by atoms with E-state index in [0.717, 1.165) is 37.6 Å². The van der Waals surface area contributed by atoms with Crippen LogP contribution in [0.2, 0.25) is 0 Å². The van der Waals surface area contributed by atoms with Crippen molar-refractivity contribution in [2.45, 2.75) is 19.6 Å². The van der Waals surface area contributed by atoms with Gasteiger partial charge in [-0.3, -0.25) is 4.90 Å². The van der Waals surface area contributed by atoms with Crippen LogP contribution < -0.4 is 4.74 Å². The molecule has 0 aromatic heterocycles. The van der Waals surface area contributed by atoms with Crippen LogP contribution in [0.4, 0.5) is 0 Å². The third-order valence-corrected chi connectivity index (χ3v) is 5.18. The van der Waals surface area contributed by atoms with Gasteiger partial charge in [0, 0.05) is 25.2 Å². The minimum Gasteiger partial charge on any atom is -0.493 e. The minimum absolute atomic E-state index is 0.160. The molecule has 1 fully saturated rings. The lowest BCUT2D eigenvalue weighted by Crippen LogP contribution is -2.37. The van der Waals surface area contributed by atoms with E-state index in [1.807, 2.05) is 19.1 Å². The molecule has 3 heteroatoms. The number of morpholine rings is 1. The van der Waals surface area contributed by atoms with E-state index in [9.17, 15) is 0 Å². The summed E-state index contributed by atoms with van der Waals surface area (Å²) in [6, 6.07) is 27.6. The summed E-state index contributed by atoms with van der Waals surface area (Å²) in [5.74, 6) is 0.941. The predicted molar refractivity (Wildman–Crippen MR) is 113 cm³/mol. The van der Waals surface area contributed by atoms with Gasteiger partial charge in [0.2, 0.25) is 0 Å². The lowest BCUT2D eigenvalue weighted by atomic mass is 10.0. The van der Waals surface area contributed by atoms with Crippen molar-refractivity contribution in [2.24, 2.45) is 0 Å². The van der Waals surface area contributed by atoms with Gasteiger partial charge >= 0.3 is 0 Å². The van der Waals surface area contributed by atoms with Crippen LogP contribution in [-0.4, -0.2) is 31.2 Å². The fourth-order valence-corrected chi connectivity index (χ4v) is 3.75. The van der Waals surface area contributed by atoms with E-state index < -0.39 is 0 Å². The summed E-state index contributed by atoms with van der Waals surface area (Å²) in [5, 5.41) is 0. The van der Waals surface area contributed by atoms with Gasteiger partial charge in [0.05, 0.1) is 19.3 Å². The second kappa shape index (κ2) is 9.05. The predicted octanol–water partition coefficient (Wildman–Crippen LogP) is 5.33. The molecule has 0 aliphatic carbocycles. The van der Waals surface area contributed by atoms with Gasteiger partial charge in [-0.2, -0.15) is 0 Å². The van der Waals surface area contributed by atoms with Crippen molar-refractivity contribution in [3.05, 3.63) is 90.0 Å². The Bertz CT molecular complexity index is 877. The first-order chi connectivity index (χ1) is 13.8. The summed E-state index contributed by atoms with van der Waals surface area (Å²) in [7, 11) is 0. The Morgan fingerprint density at radius 2 is 1.68 bits per heavy atom. The Kier molecular flexibility index (Phi) is 6.05. The van der Waals surface area contributed by atoms with Crippen molar-refractivity contribution in [1.82, 2.24) is 4.90 Å². The Labute approximate surface area is 167 Å². The zero-order valence-electron chi connectivity index (χ0n) is 16.4. The highest BCUT2D eigenvalue weighted by atomic mass is 16.5. The summed E-state index contributed by atoms with van der Waals surface area (Å²) >= 11 is 0. The highest BCUT2D eigenvalue weighted by Crippen LogP contribution is 2.30. The number of benzene rings is 3. The van der Waals surface area contributed by atoms with Crippen LogP contribution in [0.15, 0.2) is 78.9 Å². The number of rotatable bonds is 6. The summed E-state index contributed by atoms with van der Waals surface area (Å²) in [5.41, 5.74) is 4.92. The second-order valence-corrected chi connectivity index (χ2v) is 7.13. The van der Waals surface area contributed by atoms with Gasteiger partial charge in [-0.15, -0.1) is 0 Å². The van der Waals surface area contributed by atoms with Crippen molar-refractivity contribution in [1.29, 1.82) is 0 Å². The summed E-state index contributed by atoms with van der Waals surface area (Å²) in [6.07, 6.45) is 0.160. The number of hydrogen-bond donors (Lipinski definition) is 0. The third kappa shape index (κ3) is 4.44. The van der Waals surface area contributed by atoms with E-state index >= 15 is 0 Å². The van der Waals surface area contributed by atoms with Crippen molar-refractivity contribution < 1.29 is 9.47 Å². The van der Waals surface area contributed by atoms with Gasteiger partial charge in [-0.1, -0.05) is 72.8 Å². The van der Waals surface area contributed by atoms with E-state index in [-0.39, 0.29) is 6.10 Å². The molecular weight excluding hydrogens is 346 g/mol. The molecule has 0 saturated carbocycles. The van der Waals surface area contributed by atoms with Gasteiger partial charge in [-0.05, 0) is 29.7 Å². The lowest BCUT2D eigenvalue weighted by molar-refractivity contribution is -0.0329. The summed E-state index contributed by atoms with van der Waals surface area (Å²) < 4.78 is 11.8. The second-order valence-electron chi connectivity index (χ2n) is 7.13. The molecule has 1 aliphatic heterocycles. The van der Waals surface area contributed by atoms with Crippen LogP contribution in [0.5, 0.6) is 5.75 Å². The van der Waals surface area contributed by atoms with Gasteiger partial charge in [-0.25, -0.2) is 0 Å². The molecule has 3 aromatic rings. The standard InChI is InChI=1S/C25H27NO2/c1-2-27-24-11-7-6-10-23(24)21-14-12-20(13-15-21)18-26-16-17-28-25(19-26)22-8-4-3-5-9-22/h3-15,25H,2,16-19H2,1H3. The van der Waals surface area contributed by atoms with Gasteiger partial charge in [0.25, 0.3) is 0 Å². The molecule has 0 bridgehead atoms. The molecule has 0 spiro atoms. The summed E-state index contributed by atoms with van der Waals surface area (Å²) in [6.45, 7) is 6.32. The Hall–Kier alpha value is -2.62. The van der Waals surface area contributed by atoms with E-state index in [2.05, 4.69) is 71.6 Å². The first-order valence-corrected chi connectivity index (χ1v) is 10.0. The lowest BCUT2D eigenvalue weighted by Gasteiger charge is -2.33. The topological polar surface area (TPSA) is 21.7 Å². The highest BCUT2D eigenvalue weighted by Gasteiger charge is 2.21. The van der Waals surface area contributed by atoms with Crippen LogP contribution in [0.3, 0.4) is 0 Å². The fraction of sp³-hybridized carbons (Fsp3) is 0.280. The van der Waals surface area contributed by atoms with E-state index in [1.54, 1.807) is 0 Å². The summed E-state index contributed by atoms with van der Waals surface area (Å²) in [4.78, 5) is 2.48. The molecule has 0 N–H and O–H groups in total. The zero-order valence-corrected chi connectivity index (χ0v) is 16.4. The van der Waals surface area contributed by atoms with Gasteiger partial charge in [0.1, 0.15) is 5.75 Å². The van der Waals surface area contributed by atoms with Crippen LogP contribution in [-0.2, 0) is 11.3 Å². The quantitative estimate of drug-likeness (QED) is 0.583. The number of ether oxygens (including phenoxy) is 2. The molecule has 4 rings (SSSR count). The van der Waals surface area contributed by atoms with Crippen LogP contribution >= 0.6 is 0 Å². The fourth-order valence-electron chi connectivity index (χ4n) is 3.75. The minimum atomic E-state index is 0.160. The van der Waals surface area contributed by atoms with Crippen molar-refractivity contribution in [3.8, 4) is 16.9 Å². The van der Waals surface area contributed by atoms with Crippen molar-refractivity contribution in [3.63, 3.8) is 0 Å². The molecule has 3 nitrogen and oxygen atoms in total. The zero-order chi connectivity index (χ0) is 19.2. The van der Waals surface area contributed by atoms with E-state index in [4.69, 9.17) is 9.47 Å². The number of nitrogens with zero attached hydrogens (tertiary/aromatic N) is 1. The average molecular weight is 373 g/mol. The molecule has 1 atom stereocenters. The Morgan fingerprint density at radius 1 is 0.929 bits per heavy atom. The van der Waals surface area contributed by atoms with Crippen LogP contribution in [0, 0.1) is 0 Å². The molecule has 1 unspecified atom stereocenters. The molecule has 1 heterocycles. The third-order valence-electron chi connectivity index (χ3n) is 5.18. The first kappa shape index (κ1) is 18.7. The van der Waals surface area contributed by atoms with Gasteiger partial charge in [0.15, 0.2) is 0 Å². The molecule has 144 valence electrons. The Morgan fingerprint density at radius 3 is 2.46 bits per heavy atom. The van der Waals surface area contributed by atoms with Crippen molar-refractivity contribution >= 4 is 0 Å². The molecule has 1 aliphatic rings. The molecule has 28 heavy (non-hydrogen) atoms. The normalized spacial score (nSPS) is 17.4. The monoisotopic (exact) mass is 373 g/mol. The SMILES string of the molecule is CCOc1ccccc1-c1ccc(CN2CCOC(c3ccccc3)C2)cc1. The van der Waals surface area contributed by atoms with E-state index in [1.165, 1.54) is 16.7 Å². The van der Waals surface area contributed by atoms with Gasteiger partial charge < -0.3 is 9.47 Å². The maximum Gasteiger partial charge on any atom is 0.127 e. The van der Waals surface area contributed by atoms with E-state index in [0.29, 0.717) is 6.61 Å². The smallest absolute Gasteiger partial charge is 0.127 e. The molecule has 3 aromatic carbocycles. The molecule has 1 saturated heterocycles. The largest absolute Gasteiger partial charge is 0.493 e. The molecular formula is C25H27NO2. The number of hydrogen-bond acceptors (Lipinski definition) is 3. The first-order valence-electron chi connectivity index (χ1n) is 10.0. The molecule has 0 radical (unpaired) electrons. The van der Waals surface area contributed by atoms with Crippen LogP contribution in [0.1, 0.15) is 24.2 Å². The van der Waals surface area contributed by atoms with Crippen molar-refractivity contribution in [2.75, 3.05) is 26.3 Å². The maximum absolute atomic E-state index is 5.99. The number of para-hydroxylation sites is 1. The Balaban J connectivity index is 1.43. The molecule has 0 amide bonds. The maximum atomic E-state index is 5.99. The highest BCUT2D eigenvalue weighted by molar-refractivity contribution is 5.70. The average Bonchev–Trinajstić information content (AvgIpc) is 2.76. The van der Waals surface area contributed by atoms with Crippen LogP contribution in [0.25, 0.3) is 11.1 Å².